The Hall–Kier alpha value is -0.830. The first-order chi connectivity index (χ1) is 9.08. The van der Waals surface area contributed by atoms with Gasteiger partial charge in [-0.25, -0.2) is 0 Å². The maximum Gasteiger partial charge on any atom is 0.0630 e. The molecule has 0 radical (unpaired) electrons. The third-order valence-electron chi connectivity index (χ3n) is 4.24. The molecular weight excluding hydrogens is 234 g/mol. The fraction of sp³-hybridized carbons (Fsp3) is 0.812. The van der Waals surface area contributed by atoms with E-state index in [0.29, 0.717) is 11.5 Å². The minimum atomic E-state index is 0.309. The van der Waals surface area contributed by atoms with Gasteiger partial charge >= 0.3 is 0 Å². The fourth-order valence-electron chi connectivity index (χ4n) is 2.51. The van der Waals surface area contributed by atoms with Crippen molar-refractivity contribution in [2.45, 2.75) is 66.3 Å². The molecule has 0 bridgehead atoms. The fourth-order valence-corrected chi connectivity index (χ4v) is 2.51. The summed E-state index contributed by atoms with van der Waals surface area (Å²) in [7, 11) is 0. The van der Waals surface area contributed by atoms with E-state index in [4.69, 9.17) is 5.10 Å². The second-order valence-electron chi connectivity index (χ2n) is 5.88. The summed E-state index contributed by atoms with van der Waals surface area (Å²) >= 11 is 0. The van der Waals surface area contributed by atoms with Crippen molar-refractivity contribution in [1.29, 1.82) is 0 Å². The number of nitrogens with zero attached hydrogens (tertiary/aromatic N) is 2. The molecule has 3 heteroatoms. The van der Waals surface area contributed by atoms with Gasteiger partial charge in [-0.3, -0.25) is 4.68 Å². The third kappa shape index (κ3) is 4.64. The first kappa shape index (κ1) is 16.2. The van der Waals surface area contributed by atoms with E-state index >= 15 is 0 Å². The van der Waals surface area contributed by atoms with Crippen molar-refractivity contribution in [1.82, 2.24) is 15.1 Å². The molecule has 110 valence electrons. The Morgan fingerprint density at radius 3 is 2.47 bits per heavy atom. The van der Waals surface area contributed by atoms with E-state index in [1.807, 2.05) is 0 Å². The van der Waals surface area contributed by atoms with Gasteiger partial charge < -0.3 is 5.32 Å². The SMILES string of the molecule is CCNCC(C)(CC)Cc1ccn(C(CC)CC)n1. The van der Waals surface area contributed by atoms with Gasteiger partial charge in [-0.05, 0) is 43.7 Å². The number of rotatable bonds is 9. The van der Waals surface area contributed by atoms with Crippen molar-refractivity contribution in [3.63, 3.8) is 0 Å². The second kappa shape index (κ2) is 7.68. The molecule has 0 aliphatic heterocycles. The predicted octanol–water partition coefficient (Wildman–Crippen LogP) is 3.81. The smallest absolute Gasteiger partial charge is 0.0630 e. The summed E-state index contributed by atoms with van der Waals surface area (Å²) in [6.45, 7) is 13.4. The lowest BCUT2D eigenvalue weighted by atomic mass is 9.82. The molecule has 1 N–H and O–H groups in total. The van der Waals surface area contributed by atoms with Gasteiger partial charge in [0.2, 0.25) is 0 Å². The van der Waals surface area contributed by atoms with Crippen LogP contribution in [-0.2, 0) is 6.42 Å². The lowest BCUT2D eigenvalue weighted by Gasteiger charge is -2.27. The molecule has 0 amide bonds. The number of hydrogen-bond donors (Lipinski definition) is 1. The Balaban J connectivity index is 2.70. The summed E-state index contributed by atoms with van der Waals surface area (Å²) in [4.78, 5) is 0. The zero-order chi connectivity index (χ0) is 14.3. The molecule has 0 saturated heterocycles. The normalized spacial score (nSPS) is 14.8. The van der Waals surface area contributed by atoms with Gasteiger partial charge in [0.15, 0.2) is 0 Å². The van der Waals surface area contributed by atoms with E-state index in [1.54, 1.807) is 0 Å². The summed E-state index contributed by atoms with van der Waals surface area (Å²) in [5, 5.41) is 8.26. The highest BCUT2D eigenvalue weighted by Crippen LogP contribution is 2.25. The van der Waals surface area contributed by atoms with E-state index in [1.165, 1.54) is 12.1 Å². The Kier molecular flexibility index (Phi) is 6.56. The molecule has 0 aliphatic rings. The van der Waals surface area contributed by atoms with Crippen LogP contribution in [0.1, 0.15) is 65.6 Å². The van der Waals surface area contributed by atoms with Gasteiger partial charge in [-0.1, -0.05) is 34.6 Å². The molecule has 1 unspecified atom stereocenters. The summed E-state index contributed by atoms with van der Waals surface area (Å²) in [5.41, 5.74) is 1.54. The molecule has 3 nitrogen and oxygen atoms in total. The van der Waals surface area contributed by atoms with Crippen LogP contribution in [-0.4, -0.2) is 22.9 Å². The quantitative estimate of drug-likeness (QED) is 0.736. The van der Waals surface area contributed by atoms with Crippen LogP contribution in [0.3, 0.4) is 0 Å². The van der Waals surface area contributed by atoms with Crippen molar-refractivity contribution >= 4 is 0 Å². The molecule has 1 atom stereocenters. The highest BCUT2D eigenvalue weighted by Gasteiger charge is 2.23. The maximum atomic E-state index is 4.78. The third-order valence-corrected chi connectivity index (χ3v) is 4.24. The zero-order valence-electron chi connectivity index (χ0n) is 13.4. The minimum Gasteiger partial charge on any atom is -0.316 e. The lowest BCUT2D eigenvalue weighted by molar-refractivity contribution is 0.288. The molecular formula is C16H31N3. The summed E-state index contributed by atoms with van der Waals surface area (Å²) in [6, 6.07) is 2.74. The molecule has 19 heavy (non-hydrogen) atoms. The van der Waals surface area contributed by atoms with E-state index in [2.05, 4.69) is 56.9 Å². The molecule has 0 fully saturated rings. The highest BCUT2D eigenvalue weighted by atomic mass is 15.3. The number of aromatic nitrogens is 2. The number of hydrogen-bond acceptors (Lipinski definition) is 2. The minimum absolute atomic E-state index is 0.309. The van der Waals surface area contributed by atoms with E-state index in [-0.39, 0.29) is 0 Å². The summed E-state index contributed by atoms with van der Waals surface area (Å²) < 4.78 is 2.15. The van der Waals surface area contributed by atoms with E-state index < -0.39 is 0 Å². The van der Waals surface area contributed by atoms with Crippen LogP contribution in [0, 0.1) is 5.41 Å². The van der Waals surface area contributed by atoms with Gasteiger partial charge in [0.1, 0.15) is 0 Å². The van der Waals surface area contributed by atoms with Crippen LogP contribution in [0.2, 0.25) is 0 Å². The Morgan fingerprint density at radius 1 is 1.26 bits per heavy atom. The average Bonchev–Trinajstić information content (AvgIpc) is 2.86. The van der Waals surface area contributed by atoms with Crippen molar-refractivity contribution in [3.8, 4) is 0 Å². The van der Waals surface area contributed by atoms with Crippen molar-refractivity contribution in [2.75, 3.05) is 13.1 Å². The van der Waals surface area contributed by atoms with Crippen molar-refractivity contribution in [3.05, 3.63) is 18.0 Å². The van der Waals surface area contributed by atoms with Crippen LogP contribution in [0.25, 0.3) is 0 Å². The van der Waals surface area contributed by atoms with Crippen LogP contribution in [0.15, 0.2) is 12.3 Å². The van der Waals surface area contributed by atoms with E-state index in [9.17, 15) is 0 Å². The molecule has 0 aromatic carbocycles. The average molecular weight is 265 g/mol. The van der Waals surface area contributed by atoms with Crippen molar-refractivity contribution in [2.24, 2.45) is 5.41 Å². The van der Waals surface area contributed by atoms with Gasteiger partial charge in [-0.15, -0.1) is 0 Å². The Bertz CT molecular complexity index is 355. The predicted molar refractivity (Wildman–Crippen MR) is 82.5 cm³/mol. The Morgan fingerprint density at radius 2 is 1.95 bits per heavy atom. The molecule has 1 heterocycles. The van der Waals surface area contributed by atoms with E-state index in [0.717, 1.165) is 32.4 Å². The molecule has 1 aromatic rings. The van der Waals surface area contributed by atoms with Crippen LogP contribution < -0.4 is 5.32 Å². The molecule has 1 rings (SSSR count). The Labute approximate surface area is 118 Å². The molecule has 1 aromatic heterocycles. The summed E-state index contributed by atoms with van der Waals surface area (Å²) in [6.07, 6.45) is 6.69. The van der Waals surface area contributed by atoms with Gasteiger partial charge in [-0.2, -0.15) is 5.10 Å². The van der Waals surface area contributed by atoms with Gasteiger partial charge in [0, 0.05) is 12.7 Å². The highest BCUT2D eigenvalue weighted by molar-refractivity contribution is 5.03. The largest absolute Gasteiger partial charge is 0.316 e. The zero-order valence-corrected chi connectivity index (χ0v) is 13.4. The maximum absolute atomic E-state index is 4.78. The molecule has 0 saturated carbocycles. The first-order valence-electron chi connectivity index (χ1n) is 7.83. The second-order valence-corrected chi connectivity index (χ2v) is 5.88. The van der Waals surface area contributed by atoms with Crippen LogP contribution in [0.4, 0.5) is 0 Å². The van der Waals surface area contributed by atoms with Crippen molar-refractivity contribution < 1.29 is 0 Å². The van der Waals surface area contributed by atoms with Crippen LogP contribution in [0.5, 0.6) is 0 Å². The number of nitrogens with one attached hydrogen (secondary N) is 1. The van der Waals surface area contributed by atoms with Gasteiger partial charge in [0.05, 0.1) is 11.7 Å². The molecule has 0 spiro atoms. The summed E-state index contributed by atoms with van der Waals surface area (Å²) in [5.74, 6) is 0. The van der Waals surface area contributed by atoms with Gasteiger partial charge in [0.25, 0.3) is 0 Å². The lowest BCUT2D eigenvalue weighted by Crippen LogP contribution is -2.33. The first-order valence-corrected chi connectivity index (χ1v) is 7.83. The topological polar surface area (TPSA) is 29.9 Å². The monoisotopic (exact) mass is 265 g/mol. The molecule has 0 aliphatic carbocycles. The van der Waals surface area contributed by atoms with Crippen LogP contribution >= 0.6 is 0 Å². The standard InChI is InChI=1S/C16H31N3/c1-6-15(7-2)19-11-10-14(18-19)12-16(5,8-3)13-17-9-4/h10-11,15,17H,6-9,12-13H2,1-5H3.